The average Bonchev–Trinajstić information content (AvgIpc) is 2.85. The first-order valence-corrected chi connectivity index (χ1v) is 6.26. The van der Waals surface area contributed by atoms with Crippen molar-refractivity contribution in [2.45, 2.75) is 6.54 Å². The van der Waals surface area contributed by atoms with E-state index >= 15 is 0 Å². The van der Waals surface area contributed by atoms with Crippen molar-refractivity contribution in [2.24, 2.45) is 0 Å². The molecule has 0 amide bonds. The van der Waals surface area contributed by atoms with E-state index < -0.39 is 0 Å². The highest BCUT2D eigenvalue weighted by atomic mass is 79.9. The van der Waals surface area contributed by atoms with Crippen LogP contribution in [0, 0.1) is 0 Å². The van der Waals surface area contributed by atoms with Crippen LogP contribution in [0.25, 0.3) is 11.4 Å². The third-order valence-corrected chi connectivity index (χ3v) is 3.26. The zero-order valence-electron chi connectivity index (χ0n) is 10.3. The van der Waals surface area contributed by atoms with Crippen molar-refractivity contribution in [1.29, 1.82) is 0 Å². The molecule has 1 heterocycles. The Morgan fingerprint density at radius 1 is 1.33 bits per heavy atom. The molecule has 0 radical (unpaired) electrons. The lowest BCUT2D eigenvalue weighted by Gasteiger charge is -2.09. The fraction of sp³-hybridized carbons (Fsp3) is 0.333. The summed E-state index contributed by atoms with van der Waals surface area (Å²) in [7, 11) is 3.31. The molecule has 0 aliphatic rings. The lowest BCUT2D eigenvalue weighted by atomic mass is 10.2. The van der Waals surface area contributed by atoms with Gasteiger partial charge in [0, 0.05) is 23.7 Å². The summed E-state index contributed by atoms with van der Waals surface area (Å²) in [6.07, 6.45) is 1.69. The van der Waals surface area contributed by atoms with Crippen LogP contribution in [-0.4, -0.2) is 35.6 Å². The Labute approximate surface area is 114 Å². The molecular formula is C12H14BrN3O2. The molecule has 1 aromatic heterocycles. The van der Waals surface area contributed by atoms with E-state index in [-0.39, 0.29) is 0 Å². The fourth-order valence-electron chi connectivity index (χ4n) is 1.62. The predicted molar refractivity (Wildman–Crippen MR) is 71.6 cm³/mol. The maximum Gasteiger partial charge on any atom is 0.165 e. The first-order valence-electron chi connectivity index (χ1n) is 5.47. The summed E-state index contributed by atoms with van der Waals surface area (Å²) in [6, 6.07) is 5.75. The van der Waals surface area contributed by atoms with Crippen LogP contribution >= 0.6 is 15.9 Å². The second-order valence-corrected chi connectivity index (χ2v) is 4.54. The molecule has 2 rings (SSSR count). The van der Waals surface area contributed by atoms with Crippen molar-refractivity contribution in [3.63, 3.8) is 0 Å². The number of hydrogen-bond donors (Lipinski definition) is 0. The minimum absolute atomic E-state index is 0.618. The quantitative estimate of drug-likeness (QED) is 0.850. The first-order chi connectivity index (χ1) is 8.76. The minimum Gasteiger partial charge on any atom is -0.497 e. The molecule has 18 heavy (non-hydrogen) atoms. The van der Waals surface area contributed by atoms with Crippen LogP contribution in [0.3, 0.4) is 0 Å². The summed E-state index contributed by atoms with van der Waals surface area (Å²) in [6.45, 7) is 1.33. The van der Waals surface area contributed by atoms with E-state index in [2.05, 4.69) is 26.1 Å². The van der Waals surface area contributed by atoms with Gasteiger partial charge in [-0.05, 0) is 18.2 Å². The number of hydrogen-bond acceptors (Lipinski definition) is 4. The van der Waals surface area contributed by atoms with Gasteiger partial charge in [-0.15, -0.1) is 10.2 Å². The molecule has 0 atom stereocenters. The second-order valence-electron chi connectivity index (χ2n) is 3.69. The molecule has 6 heteroatoms. The van der Waals surface area contributed by atoms with Crippen LogP contribution in [0.2, 0.25) is 0 Å². The minimum atomic E-state index is 0.618. The van der Waals surface area contributed by atoms with Gasteiger partial charge in [-0.25, -0.2) is 0 Å². The highest BCUT2D eigenvalue weighted by Crippen LogP contribution is 2.30. The topological polar surface area (TPSA) is 49.2 Å². The van der Waals surface area contributed by atoms with E-state index in [0.717, 1.165) is 21.6 Å². The van der Waals surface area contributed by atoms with Gasteiger partial charge in [-0.2, -0.15) is 0 Å². The largest absolute Gasteiger partial charge is 0.497 e. The van der Waals surface area contributed by atoms with Crippen LogP contribution in [0.5, 0.6) is 5.75 Å². The Hall–Kier alpha value is -1.40. The zero-order chi connectivity index (χ0) is 13.0. The van der Waals surface area contributed by atoms with Crippen molar-refractivity contribution in [3.05, 3.63) is 29.0 Å². The van der Waals surface area contributed by atoms with Gasteiger partial charge < -0.3 is 14.0 Å². The van der Waals surface area contributed by atoms with Crippen LogP contribution < -0.4 is 4.74 Å². The highest BCUT2D eigenvalue weighted by Gasteiger charge is 2.11. The number of halogens is 1. The van der Waals surface area contributed by atoms with Crippen molar-refractivity contribution in [3.8, 4) is 17.1 Å². The van der Waals surface area contributed by atoms with Gasteiger partial charge >= 0.3 is 0 Å². The van der Waals surface area contributed by atoms with E-state index in [1.54, 1.807) is 20.5 Å². The third kappa shape index (κ3) is 2.70. The molecule has 0 bridgehead atoms. The molecule has 0 saturated heterocycles. The molecule has 0 aliphatic heterocycles. The summed E-state index contributed by atoms with van der Waals surface area (Å²) in [5, 5.41) is 8.09. The van der Waals surface area contributed by atoms with E-state index in [0.29, 0.717) is 13.2 Å². The molecule has 0 spiro atoms. The number of methoxy groups -OCH3 is 2. The molecule has 0 aliphatic carbocycles. The van der Waals surface area contributed by atoms with E-state index in [1.807, 2.05) is 22.8 Å². The summed E-state index contributed by atoms with van der Waals surface area (Å²) in [4.78, 5) is 0. The Morgan fingerprint density at radius 3 is 2.89 bits per heavy atom. The van der Waals surface area contributed by atoms with Gasteiger partial charge in [0.1, 0.15) is 12.1 Å². The van der Waals surface area contributed by atoms with Crippen LogP contribution in [0.15, 0.2) is 29.0 Å². The van der Waals surface area contributed by atoms with Crippen molar-refractivity contribution in [1.82, 2.24) is 14.8 Å². The van der Waals surface area contributed by atoms with Crippen LogP contribution in [0.4, 0.5) is 0 Å². The van der Waals surface area contributed by atoms with Crippen LogP contribution in [0.1, 0.15) is 0 Å². The summed E-state index contributed by atoms with van der Waals surface area (Å²) >= 11 is 3.52. The number of ether oxygens (including phenoxy) is 2. The Bertz CT molecular complexity index is 528. The number of aromatic nitrogens is 3. The Morgan fingerprint density at radius 2 is 2.17 bits per heavy atom. The number of rotatable bonds is 5. The maximum atomic E-state index is 5.23. The monoisotopic (exact) mass is 311 g/mol. The number of nitrogens with zero attached hydrogens (tertiary/aromatic N) is 3. The molecule has 0 fully saturated rings. The Kier molecular flexibility index (Phi) is 4.33. The SMILES string of the molecule is COCCn1cnnc1-c1cc(OC)ccc1Br. The highest BCUT2D eigenvalue weighted by molar-refractivity contribution is 9.10. The molecule has 0 unspecified atom stereocenters. The van der Waals surface area contributed by atoms with Gasteiger partial charge in [0.2, 0.25) is 0 Å². The molecule has 2 aromatic rings. The smallest absolute Gasteiger partial charge is 0.165 e. The van der Waals surface area contributed by atoms with Gasteiger partial charge in [0.05, 0.1) is 13.7 Å². The van der Waals surface area contributed by atoms with Gasteiger partial charge in [-0.3, -0.25) is 0 Å². The first kappa shape index (κ1) is 13.0. The molecule has 0 N–H and O–H groups in total. The third-order valence-electron chi connectivity index (χ3n) is 2.57. The van der Waals surface area contributed by atoms with Gasteiger partial charge in [0.25, 0.3) is 0 Å². The normalized spacial score (nSPS) is 10.6. The number of benzene rings is 1. The maximum absolute atomic E-state index is 5.23. The van der Waals surface area contributed by atoms with Crippen LogP contribution in [-0.2, 0) is 11.3 Å². The molecule has 1 aromatic carbocycles. The fourth-order valence-corrected chi connectivity index (χ4v) is 2.04. The lowest BCUT2D eigenvalue weighted by molar-refractivity contribution is 0.187. The average molecular weight is 312 g/mol. The second kappa shape index (κ2) is 5.97. The van der Waals surface area contributed by atoms with Gasteiger partial charge in [-0.1, -0.05) is 15.9 Å². The zero-order valence-corrected chi connectivity index (χ0v) is 11.8. The van der Waals surface area contributed by atoms with Crippen molar-refractivity contribution < 1.29 is 9.47 Å². The van der Waals surface area contributed by atoms with Crippen molar-refractivity contribution in [2.75, 3.05) is 20.8 Å². The summed E-state index contributed by atoms with van der Waals surface area (Å²) < 4.78 is 13.2. The van der Waals surface area contributed by atoms with Gasteiger partial charge in [0.15, 0.2) is 5.82 Å². The van der Waals surface area contributed by atoms with E-state index in [9.17, 15) is 0 Å². The van der Waals surface area contributed by atoms with E-state index in [4.69, 9.17) is 9.47 Å². The van der Waals surface area contributed by atoms with Crippen molar-refractivity contribution >= 4 is 15.9 Å². The lowest BCUT2D eigenvalue weighted by Crippen LogP contribution is -2.05. The Balaban J connectivity index is 2.38. The summed E-state index contributed by atoms with van der Waals surface area (Å²) in [5.41, 5.74) is 0.947. The summed E-state index contributed by atoms with van der Waals surface area (Å²) in [5.74, 6) is 1.58. The molecule has 96 valence electrons. The standard InChI is InChI=1S/C12H14BrN3O2/c1-17-6-5-16-8-14-15-12(16)10-7-9(18-2)3-4-11(10)13/h3-4,7-8H,5-6H2,1-2H3. The molecule has 0 saturated carbocycles. The predicted octanol–water partition coefficient (Wildman–Crippen LogP) is 2.36. The molecule has 5 nitrogen and oxygen atoms in total. The molecular weight excluding hydrogens is 298 g/mol. The van der Waals surface area contributed by atoms with E-state index in [1.165, 1.54) is 0 Å².